The first-order valence-electron chi connectivity index (χ1n) is 4.15. The summed E-state index contributed by atoms with van der Waals surface area (Å²) in [4.78, 5) is 12.6. The van der Waals surface area contributed by atoms with E-state index in [1.807, 2.05) is 11.9 Å². The highest BCUT2D eigenvalue weighted by molar-refractivity contribution is 5.85. The minimum atomic E-state index is -0.672. The molecule has 4 heteroatoms. The van der Waals surface area contributed by atoms with E-state index in [0.717, 1.165) is 25.8 Å². The van der Waals surface area contributed by atoms with E-state index in [2.05, 4.69) is 0 Å². The molecule has 3 nitrogen and oxygen atoms in total. The molecule has 0 radical (unpaired) electrons. The lowest BCUT2D eigenvalue weighted by Crippen LogP contribution is -2.37. The van der Waals surface area contributed by atoms with E-state index < -0.39 is 5.97 Å². The molecule has 1 rings (SSSR count). The van der Waals surface area contributed by atoms with E-state index >= 15 is 0 Å². The quantitative estimate of drug-likeness (QED) is 0.684. The third-order valence-electron chi connectivity index (χ3n) is 2.31. The van der Waals surface area contributed by atoms with Crippen LogP contribution in [0.15, 0.2) is 0 Å². The second-order valence-electron chi connectivity index (χ2n) is 3.18. The van der Waals surface area contributed by atoms with Gasteiger partial charge < -0.3 is 5.11 Å². The summed E-state index contributed by atoms with van der Waals surface area (Å²) in [5.41, 5.74) is 0. The van der Waals surface area contributed by atoms with Gasteiger partial charge in [0.15, 0.2) is 0 Å². The molecule has 72 valence electrons. The Balaban J connectivity index is 0.00000121. The van der Waals surface area contributed by atoms with Crippen LogP contribution in [0.4, 0.5) is 0 Å². The second-order valence-corrected chi connectivity index (χ2v) is 3.18. The lowest BCUT2D eigenvalue weighted by Gasteiger charge is -2.20. The predicted molar refractivity (Wildman–Crippen MR) is 49.8 cm³/mol. The van der Waals surface area contributed by atoms with Crippen LogP contribution in [0.5, 0.6) is 0 Å². The Morgan fingerprint density at radius 2 is 2.08 bits per heavy atom. The van der Waals surface area contributed by atoms with Crippen LogP contribution in [0.3, 0.4) is 0 Å². The van der Waals surface area contributed by atoms with Gasteiger partial charge >= 0.3 is 5.97 Å². The van der Waals surface area contributed by atoms with Gasteiger partial charge in [-0.25, -0.2) is 0 Å². The van der Waals surface area contributed by atoms with E-state index in [1.165, 1.54) is 6.42 Å². The topological polar surface area (TPSA) is 40.5 Å². The number of carbonyl (C=O) groups is 1. The minimum absolute atomic E-state index is 0. The number of hydrogen-bond donors (Lipinski definition) is 1. The summed E-state index contributed by atoms with van der Waals surface area (Å²) in [5.74, 6) is -0.672. The highest BCUT2D eigenvalue weighted by atomic mass is 35.5. The van der Waals surface area contributed by atoms with Gasteiger partial charge in [-0.05, 0) is 26.4 Å². The largest absolute Gasteiger partial charge is 0.480 e. The van der Waals surface area contributed by atoms with Gasteiger partial charge in [0.2, 0.25) is 0 Å². The Morgan fingerprint density at radius 1 is 1.42 bits per heavy atom. The van der Waals surface area contributed by atoms with Crippen molar-refractivity contribution < 1.29 is 9.90 Å². The molecular weight excluding hydrogens is 178 g/mol. The van der Waals surface area contributed by atoms with Crippen LogP contribution in [0.2, 0.25) is 0 Å². The summed E-state index contributed by atoms with van der Waals surface area (Å²) >= 11 is 0. The Labute approximate surface area is 79.2 Å². The molecule has 12 heavy (non-hydrogen) atoms. The van der Waals surface area contributed by atoms with Crippen LogP contribution in [-0.2, 0) is 4.79 Å². The first-order valence-corrected chi connectivity index (χ1v) is 4.15. The van der Waals surface area contributed by atoms with Gasteiger partial charge in [0, 0.05) is 0 Å². The van der Waals surface area contributed by atoms with Gasteiger partial charge in [0.1, 0.15) is 6.04 Å². The maximum atomic E-state index is 10.7. The third kappa shape index (κ3) is 2.99. The fourth-order valence-electron chi connectivity index (χ4n) is 1.56. The summed E-state index contributed by atoms with van der Waals surface area (Å²) in [5, 5.41) is 8.79. The first kappa shape index (κ1) is 11.7. The standard InChI is InChI=1S/C8H15NO2.ClH/c1-9-6-4-2-3-5-7(9)8(10)11;/h7H,2-6H2,1H3,(H,10,11);1H. The lowest BCUT2D eigenvalue weighted by atomic mass is 10.1. The Bertz CT molecular complexity index is 152. The van der Waals surface area contributed by atoms with Crippen molar-refractivity contribution in [2.24, 2.45) is 0 Å². The number of rotatable bonds is 1. The van der Waals surface area contributed by atoms with Crippen LogP contribution in [0, 0.1) is 0 Å². The highest BCUT2D eigenvalue weighted by Gasteiger charge is 2.23. The molecule has 1 aliphatic rings. The van der Waals surface area contributed by atoms with E-state index in [4.69, 9.17) is 5.11 Å². The molecule has 1 aliphatic heterocycles. The average Bonchev–Trinajstić information content (AvgIpc) is 2.13. The zero-order chi connectivity index (χ0) is 8.27. The molecule has 0 aromatic heterocycles. The van der Waals surface area contributed by atoms with Crippen LogP contribution < -0.4 is 0 Å². The van der Waals surface area contributed by atoms with E-state index in [9.17, 15) is 4.79 Å². The molecule has 1 unspecified atom stereocenters. The summed E-state index contributed by atoms with van der Waals surface area (Å²) in [6, 6.07) is -0.238. The van der Waals surface area contributed by atoms with Crippen molar-refractivity contribution in [2.45, 2.75) is 31.7 Å². The maximum absolute atomic E-state index is 10.7. The smallest absolute Gasteiger partial charge is 0.320 e. The van der Waals surface area contributed by atoms with Crippen molar-refractivity contribution in [3.05, 3.63) is 0 Å². The van der Waals surface area contributed by atoms with E-state index in [0.29, 0.717) is 0 Å². The zero-order valence-corrected chi connectivity index (χ0v) is 8.14. The van der Waals surface area contributed by atoms with Crippen molar-refractivity contribution >= 4 is 18.4 Å². The molecule has 1 N–H and O–H groups in total. The van der Waals surface area contributed by atoms with Gasteiger partial charge in [-0.15, -0.1) is 12.4 Å². The molecule has 1 atom stereocenters. The summed E-state index contributed by atoms with van der Waals surface area (Å²) in [6.45, 7) is 0.928. The molecule has 1 saturated heterocycles. The Hall–Kier alpha value is -0.280. The SMILES string of the molecule is CN1CCCCCC1C(=O)O.Cl. The van der Waals surface area contributed by atoms with Crippen molar-refractivity contribution in [2.75, 3.05) is 13.6 Å². The second kappa shape index (κ2) is 5.38. The van der Waals surface area contributed by atoms with Crippen molar-refractivity contribution in [1.82, 2.24) is 4.90 Å². The minimum Gasteiger partial charge on any atom is -0.480 e. The normalized spacial score (nSPS) is 25.6. The molecule has 0 amide bonds. The average molecular weight is 194 g/mol. The van der Waals surface area contributed by atoms with Crippen LogP contribution in [0.1, 0.15) is 25.7 Å². The summed E-state index contributed by atoms with van der Waals surface area (Å²) in [6.07, 6.45) is 4.18. The Kier molecular flexibility index (Phi) is 5.25. The molecule has 0 spiro atoms. The fraction of sp³-hybridized carbons (Fsp3) is 0.875. The number of likely N-dealkylation sites (N-methyl/N-ethyl adjacent to an activating group) is 1. The number of carboxylic acid groups (broad SMARTS) is 1. The molecule has 0 aromatic rings. The van der Waals surface area contributed by atoms with Gasteiger partial charge in [-0.2, -0.15) is 0 Å². The van der Waals surface area contributed by atoms with Crippen LogP contribution in [0.25, 0.3) is 0 Å². The predicted octanol–water partition coefficient (Wildman–Crippen LogP) is 1.37. The van der Waals surface area contributed by atoms with E-state index in [-0.39, 0.29) is 18.4 Å². The van der Waals surface area contributed by atoms with Crippen molar-refractivity contribution in [3.8, 4) is 0 Å². The molecule has 0 aromatic carbocycles. The number of hydrogen-bond acceptors (Lipinski definition) is 2. The molecule has 1 heterocycles. The molecule has 0 saturated carbocycles. The number of likely N-dealkylation sites (tertiary alicyclic amines) is 1. The van der Waals surface area contributed by atoms with E-state index in [1.54, 1.807) is 0 Å². The highest BCUT2D eigenvalue weighted by Crippen LogP contribution is 2.14. The van der Waals surface area contributed by atoms with Crippen molar-refractivity contribution in [1.29, 1.82) is 0 Å². The molecular formula is C8H16ClNO2. The fourth-order valence-corrected chi connectivity index (χ4v) is 1.56. The number of nitrogens with zero attached hydrogens (tertiary/aromatic N) is 1. The van der Waals surface area contributed by atoms with Crippen molar-refractivity contribution in [3.63, 3.8) is 0 Å². The molecule has 0 aliphatic carbocycles. The van der Waals surface area contributed by atoms with Gasteiger partial charge in [-0.1, -0.05) is 12.8 Å². The molecule has 1 fully saturated rings. The monoisotopic (exact) mass is 193 g/mol. The van der Waals surface area contributed by atoms with Gasteiger partial charge in [-0.3, -0.25) is 9.69 Å². The summed E-state index contributed by atoms with van der Waals surface area (Å²) < 4.78 is 0. The van der Waals surface area contributed by atoms with Crippen LogP contribution in [-0.4, -0.2) is 35.6 Å². The lowest BCUT2D eigenvalue weighted by molar-refractivity contribution is -0.142. The van der Waals surface area contributed by atoms with Crippen LogP contribution >= 0.6 is 12.4 Å². The van der Waals surface area contributed by atoms with Gasteiger partial charge in [0.25, 0.3) is 0 Å². The first-order chi connectivity index (χ1) is 5.22. The zero-order valence-electron chi connectivity index (χ0n) is 7.32. The van der Waals surface area contributed by atoms with Gasteiger partial charge in [0.05, 0.1) is 0 Å². The third-order valence-corrected chi connectivity index (χ3v) is 2.31. The number of halogens is 1. The maximum Gasteiger partial charge on any atom is 0.320 e. The summed E-state index contributed by atoms with van der Waals surface area (Å²) in [7, 11) is 1.89. The Morgan fingerprint density at radius 3 is 2.67 bits per heavy atom. The number of aliphatic carboxylic acids is 1. The molecule has 0 bridgehead atoms. The number of carboxylic acids is 1.